The fourth-order valence-corrected chi connectivity index (χ4v) is 2.47. The van der Waals surface area contributed by atoms with E-state index in [1.807, 2.05) is 20.8 Å². The van der Waals surface area contributed by atoms with Crippen molar-refractivity contribution in [2.45, 2.75) is 33.2 Å². The molecule has 0 spiro atoms. The van der Waals surface area contributed by atoms with Gasteiger partial charge in [-0.2, -0.15) is 0 Å². The Morgan fingerprint density at radius 3 is 2.34 bits per heavy atom. The lowest BCUT2D eigenvalue weighted by Gasteiger charge is -2.11. The van der Waals surface area contributed by atoms with E-state index in [1.54, 1.807) is 48.5 Å². The maximum atomic E-state index is 12.2. The number of nitrogens with one attached hydrogen (secondary N) is 3. The monoisotopic (exact) mass is 397 g/mol. The third-order valence-corrected chi connectivity index (χ3v) is 3.84. The molecule has 0 radical (unpaired) electrons. The maximum absolute atomic E-state index is 12.2. The van der Waals surface area contributed by atoms with Crippen LogP contribution in [0, 0.1) is 0 Å². The standard InChI is InChI=1S/C22H27N3O4/c1-4-12-29-22(28)16-8-10-18(11-9-16)25-20(26)14-23-19-7-5-6-17(13-19)21(27)24-15(2)3/h5-11,13,15,23H,4,12,14H2,1-3H3,(H,24,27)(H,25,26). The fraction of sp³-hybridized carbons (Fsp3) is 0.318. The molecule has 2 aromatic carbocycles. The Morgan fingerprint density at radius 1 is 0.966 bits per heavy atom. The number of benzene rings is 2. The van der Waals surface area contributed by atoms with Crippen LogP contribution >= 0.6 is 0 Å². The summed E-state index contributed by atoms with van der Waals surface area (Å²) < 4.78 is 5.07. The topological polar surface area (TPSA) is 96.5 Å². The van der Waals surface area contributed by atoms with E-state index in [9.17, 15) is 14.4 Å². The van der Waals surface area contributed by atoms with Gasteiger partial charge in [0.2, 0.25) is 5.91 Å². The third-order valence-electron chi connectivity index (χ3n) is 3.84. The lowest BCUT2D eigenvalue weighted by Crippen LogP contribution is -2.30. The lowest BCUT2D eigenvalue weighted by atomic mass is 10.1. The minimum atomic E-state index is -0.382. The van der Waals surface area contributed by atoms with Crippen LogP contribution in [0.1, 0.15) is 47.9 Å². The number of hydrogen-bond donors (Lipinski definition) is 3. The number of carbonyl (C=O) groups excluding carboxylic acids is 3. The van der Waals surface area contributed by atoms with Gasteiger partial charge in [-0.25, -0.2) is 4.79 Å². The molecule has 154 valence electrons. The van der Waals surface area contributed by atoms with Crippen LogP contribution in [0.4, 0.5) is 11.4 Å². The first kappa shape index (κ1) is 21.9. The number of esters is 1. The van der Waals surface area contributed by atoms with Gasteiger partial charge < -0.3 is 20.7 Å². The fourth-order valence-electron chi connectivity index (χ4n) is 2.47. The number of rotatable bonds is 9. The first-order valence-electron chi connectivity index (χ1n) is 9.61. The molecule has 3 N–H and O–H groups in total. The van der Waals surface area contributed by atoms with Crippen LogP contribution < -0.4 is 16.0 Å². The largest absolute Gasteiger partial charge is 0.462 e. The van der Waals surface area contributed by atoms with Gasteiger partial charge in [-0.3, -0.25) is 9.59 Å². The van der Waals surface area contributed by atoms with Gasteiger partial charge in [-0.05, 0) is 62.7 Å². The van der Waals surface area contributed by atoms with Gasteiger partial charge in [-0.1, -0.05) is 13.0 Å². The third kappa shape index (κ3) is 7.29. The van der Waals surface area contributed by atoms with Gasteiger partial charge in [0, 0.05) is 23.0 Å². The van der Waals surface area contributed by atoms with E-state index in [4.69, 9.17) is 4.74 Å². The molecule has 2 rings (SSSR count). The van der Waals surface area contributed by atoms with E-state index in [0.717, 1.165) is 6.42 Å². The molecule has 0 aliphatic rings. The molecule has 2 amide bonds. The molecule has 0 aliphatic heterocycles. The number of ether oxygens (including phenoxy) is 1. The van der Waals surface area contributed by atoms with Crippen LogP contribution in [-0.4, -0.2) is 37.0 Å². The second-order valence-corrected chi connectivity index (χ2v) is 6.82. The number of amides is 2. The molecule has 0 bridgehead atoms. The SMILES string of the molecule is CCCOC(=O)c1ccc(NC(=O)CNc2cccc(C(=O)NC(C)C)c2)cc1. The van der Waals surface area contributed by atoms with Crippen molar-refractivity contribution in [3.63, 3.8) is 0 Å². The van der Waals surface area contributed by atoms with Crippen LogP contribution in [0.3, 0.4) is 0 Å². The summed E-state index contributed by atoms with van der Waals surface area (Å²) in [5.41, 5.74) is 2.21. The average molecular weight is 397 g/mol. The molecule has 0 atom stereocenters. The van der Waals surface area contributed by atoms with Crippen LogP contribution in [0.25, 0.3) is 0 Å². The summed E-state index contributed by atoms with van der Waals surface area (Å²) in [4.78, 5) is 36.0. The van der Waals surface area contributed by atoms with E-state index < -0.39 is 0 Å². The molecular weight excluding hydrogens is 370 g/mol. The van der Waals surface area contributed by atoms with Crippen molar-refractivity contribution in [3.8, 4) is 0 Å². The second kappa shape index (κ2) is 10.8. The van der Waals surface area contributed by atoms with Crippen molar-refractivity contribution < 1.29 is 19.1 Å². The van der Waals surface area contributed by atoms with E-state index in [-0.39, 0.29) is 30.4 Å². The summed E-state index contributed by atoms with van der Waals surface area (Å²) in [6.07, 6.45) is 0.762. The zero-order chi connectivity index (χ0) is 21.2. The molecule has 0 aromatic heterocycles. The highest BCUT2D eigenvalue weighted by Crippen LogP contribution is 2.13. The van der Waals surface area contributed by atoms with Crippen LogP contribution in [0.5, 0.6) is 0 Å². The number of carbonyl (C=O) groups is 3. The Kier molecular flexibility index (Phi) is 8.21. The highest BCUT2D eigenvalue weighted by Gasteiger charge is 2.09. The Hall–Kier alpha value is -3.35. The quantitative estimate of drug-likeness (QED) is 0.563. The summed E-state index contributed by atoms with van der Waals surface area (Å²) >= 11 is 0. The first-order valence-corrected chi connectivity index (χ1v) is 9.61. The minimum absolute atomic E-state index is 0.0372. The van der Waals surface area contributed by atoms with Crippen molar-refractivity contribution in [2.24, 2.45) is 0 Å². The molecule has 7 nitrogen and oxygen atoms in total. The minimum Gasteiger partial charge on any atom is -0.462 e. The van der Waals surface area contributed by atoms with Crippen molar-refractivity contribution in [2.75, 3.05) is 23.8 Å². The van der Waals surface area contributed by atoms with Crippen molar-refractivity contribution >= 4 is 29.2 Å². The molecule has 0 aliphatic carbocycles. The van der Waals surface area contributed by atoms with E-state index in [1.165, 1.54) is 0 Å². The molecule has 29 heavy (non-hydrogen) atoms. The summed E-state index contributed by atoms with van der Waals surface area (Å²) in [6.45, 7) is 6.13. The van der Waals surface area contributed by atoms with Gasteiger partial charge in [0.1, 0.15) is 0 Å². The highest BCUT2D eigenvalue weighted by atomic mass is 16.5. The molecule has 0 saturated carbocycles. The van der Waals surface area contributed by atoms with Gasteiger partial charge in [0.05, 0.1) is 18.7 Å². The Balaban J connectivity index is 1.87. The molecule has 7 heteroatoms. The van der Waals surface area contributed by atoms with Crippen LogP contribution in [0.2, 0.25) is 0 Å². The summed E-state index contributed by atoms with van der Waals surface area (Å²) in [5.74, 6) is -0.790. The van der Waals surface area contributed by atoms with Gasteiger partial charge in [0.15, 0.2) is 0 Å². The molecule has 0 unspecified atom stereocenters. The lowest BCUT2D eigenvalue weighted by molar-refractivity contribution is -0.114. The maximum Gasteiger partial charge on any atom is 0.338 e. The number of anilines is 2. The van der Waals surface area contributed by atoms with Gasteiger partial charge in [0.25, 0.3) is 5.91 Å². The van der Waals surface area contributed by atoms with E-state index in [2.05, 4.69) is 16.0 Å². The Labute approximate surface area is 170 Å². The van der Waals surface area contributed by atoms with Crippen molar-refractivity contribution in [3.05, 3.63) is 59.7 Å². The second-order valence-electron chi connectivity index (χ2n) is 6.82. The summed E-state index contributed by atoms with van der Waals surface area (Å²) in [7, 11) is 0. The molecule has 0 fully saturated rings. The predicted molar refractivity (Wildman–Crippen MR) is 113 cm³/mol. The van der Waals surface area contributed by atoms with E-state index in [0.29, 0.717) is 29.1 Å². The van der Waals surface area contributed by atoms with Gasteiger partial charge in [-0.15, -0.1) is 0 Å². The first-order chi connectivity index (χ1) is 13.9. The molecule has 0 heterocycles. The van der Waals surface area contributed by atoms with Crippen LogP contribution in [-0.2, 0) is 9.53 Å². The average Bonchev–Trinajstić information content (AvgIpc) is 2.70. The normalized spacial score (nSPS) is 10.3. The smallest absolute Gasteiger partial charge is 0.338 e. The van der Waals surface area contributed by atoms with Crippen molar-refractivity contribution in [1.29, 1.82) is 0 Å². The predicted octanol–water partition coefficient (Wildman–Crippen LogP) is 3.44. The Morgan fingerprint density at radius 2 is 1.69 bits per heavy atom. The van der Waals surface area contributed by atoms with Gasteiger partial charge >= 0.3 is 5.97 Å². The highest BCUT2D eigenvalue weighted by molar-refractivity contribution is 5.96. The zero-order valence-electron chi connectivity index (χ0n) is 17.0. The number of hydrogen-bond acceptors (Lipinski definition) is 5. The van der Waals surface area contributed by atoms with Crippen molar-refractivity contribution in [1.82, 2.24) is 5.32 Å². The molecule has 0 saturated heterocycles. The molecule has 2 aromatic rings. The Bertz CT molecular complexity index is 847. The summed E-state index contributed by atoms with van der Waals surface area (Å²) in [6, 6.07) is 13.5. The zero-order valence-corrected chi connectivity index (χ0v) is 17.0. The van der Waals surface area contributed by atoms with Crippen LogP contribution in [0.15, 0.2) is 48.5 Å². The summed E-state index contributed by atoms with van der Waals surface area (Å²) in [5, 5.41) is 8.58. The van der Waals surface area contributed by atoms with E-state index >= 15 is 0 Å². The molecular formula is C22H27N3O4.